The van der Waals surface area contributed by atoms with Crippen LogP contribution >= 0.6 is 0 Å². The van der Waals surface area contributed by atoms with Crippen molar-refractivity contribution in [2.24, 2.45) is 5.92 Å². The fourth-order valence-corrected chi connectivity index (χ4v) is 2.82. The lowest BCUT2D eigenvalue weighted by Gasteiger charge is -2.32. The molecule has 0 radical (unpaired) electrons. The van der Waals surface area contributed by atoms with Crippen LogP contribution in [0.1, 0.15) is 54.1 Å². The van der Waals surface area contributed by atoms with Crippen LogP contribution in [0.5, 0.6) is 0 Å². The molecule has 0 atom stereocenters. The van der Waals surface area contributed by atoms with Crippen LogP contribution in [0.15, 0.2) is 4.42 Å². The van der Waals surface area contributed by atoms with Gasteiger partial charge < -0.3 is 14.1 Å². The van der Waals surface area contributed by atoms with E-state index in [2.05, 4.69) is 13.8 Å². The Morgan fingerprint density at radius 3 is 2.33 bits per heavy atom. The molecule has 0 aromatic carbocycles. The molecule has 4 nitrogen and oxygen atoms in total. The summed E-state index contributed by atoms with van der Waals surface area (Å²) in [5.41, 5.74) is 1.71. The largest absolute Gasteiger partial charge is 0.466 e. The molecule has 0 aliphatic carbocycles. The third-order valence-corrected chi connectivity index (χ3v) is 4.17. The maximum atomic E-state index is 12.7. The Balaban J connectivity index is 1.94. The minimum Gasteiger partial charge on any atom is -0.466 e. The summed E-state index contributed by atoms with van der Waals surface area (Å²) in [6, 6.07) is 0. The van der Waals surface area contributed by atoms with E-state index in [9.17, 15) is 4.79 Å². The van der Waals surface area contributed by atoms with Gasteiger partial charge in [0.05, 0.1) is 11.7 Å². The highest BCUT2D eigenvalue weighted by molar-refractivity contribution is 5.96. The van der Waals surface area contributed by atoms with E-state index in [1.807, 2.05) is 25.7 Å². The van der Waals surface area contributed by atoms with E-state index in [4.69, 9.17) is 9.15 Å². The van der Waals surface area contributed by atoms with Crippen LogP contribution in [0.25, 0.3) is 0 Å². The van der Waals surface area contributed by atoms with E-state index in [0.29, 0.717) is 12.0 Å². The number of hydrogen-bond donors (Lipinski definition) is 0. The molecule has 118 valence electrons. The molecule has 0 N–H and O–H groups in total. The average molecular weight is 293 g/mol. The van der Waals surface area contributed by atoms with E-state index in [1.54, 1.807) is 0 Å². The zero-order chi connectivity index (χ0) is 15.6. The first-order chi connectivity index (χ1) is 9.90. The summed E-state index contributed by atoms with van der Waals surface area (Å²) in [6.07, 6.45) is 2.14. The van der Waals surface area contributed by atoms with Gasteiger partial charge >= 0.3 is 0 Å². The SMILES string of the molecule is Cc1oc(C)c(C(=O)N2CCC(OCC(C)C)CC2)c1C. The quantitative estimate of drug-likeness (QED) is 0.853. The predicted octanol–water partition coefficient (Wildman–Crippen LogP) is 3.48. The Morgan fingerprint density at radius 1 is 1.24 bits per heavy atom. The number of amides is 1. The predicted molar refractivity (Wildman–Crippen MR) is 82.6 cm³/mol. The lowest BCUT2D eigenvalue weighted by Crippen LogP contribution is -2.41. The van der Waals surface area contributed by atoms with Crippen molar-refractivity contribution in [3.63, 3.8) is 0 Å². The second-order valence-corrected chi connectivity index (χ2v) is 6.43. The van der Waals surface area contributed by atoms with Crippen LogP contribution in [-0.4, -0.2) is 36.6 Å². The van der Waals surface area contributed by atoms with Crippen LogP contribution in [0.4, 0.5) is 0 Å². The van der Waals surface area contributed by atoms with Gasteiger partial charge in [0.25, 0.3) is 5.91 Å². The molecule has 1 saturated heterocycles. The smallest absolute Gasteiger partial charge is 0.257 e. The topological polar surface area (TPSA) is 42.7 Å². The van der Waals surface area contributed by atoms with Crippen molar-refractivity contribution < 1.29 is 13.9 Å². The number of likely N-dealkylation sites (tertiary alicyclic amines) is 1. The van der Waals surface area contributed by atoms with Crippen molar-refractivity contribution in [3.8, 4) is 0 Å². The highest BCUT2D eigenvalue weighted by atomic mass is 16.5. The zero-order valence-corrected chi connectivity index (χ0v) is 13.9. The summed E-state index contributed by atoms with van der Waals surface area (Å²) in [5, 5.41) is 0. The highest BCUT2D eigenvalue weighted by Gasteiger charge is 2.28. The number of nitrogens with zero attached hydrogens (tertiary/aromatic N) is 1. The van der Waals surface area contributed by atoms with Gasteiger partial charge in [-0.15, -0.1) is 0 Å². The maximum absolute atomic E-state index is 12.7. The number of aryl methyl sites for hydroxylation is 2. The average Bonchev–Trinajstić information content (AvgIpc) is 2.70. The monoisotopic (exact) mass is 293 g/mol. The van der Waals surface area contributed by atoms with E-state index >= 15 is 0 Å². The second kappa shape index (κ2) is 6.65. The maximum Gasteiger partial charge on any atom is 0.257 e. The molecule has 1 aliphatic rings. The third-order valence-electron chi connectivity index (χ3n) is 4.17. The molecule has 1 aromatic rings. The number of hydrogen-bond acceptors (Lipinski definition) is 3. The van der Waals surface area contributed by atoms with E-state index in [-0.39, 0.29) is 5.91 Å². The van der Waals surface area contributed by atoms with Crippen molar-refractivity contribution in [3.05, 3.63) is 22.6 Å². The van der Waals surface area contributed by atoms with Gasteiger partial charge in [0.2, 0.25) is 0 Å². The van der Waals surface area contributed by atoms with E-state index < -0.39 is 0 Å². The Bertz CT molecular complexity index is 496. The van der Waals surface area contributed by atoms with E-state index in [0.717, 1.165) is 55.2 Å². The Hall–Kier alpha value is -1.29. The lowest BCUT2D eigenvalue weighted by atomic mass is 10.0. The minimum atomic E-state index is 0.101. The number of furan rings is 1. The summed E-state index contributed by atoms with van der Waals surface area (Å²) >= 11 is 0. The summed E-state index contributed by atoms with van der Waals surface area (Å²) in [6.45, 7) is 12.4. The Kier molecular flexibility index (Phi) is 5.09. The molecule has 2 heterocycles. The molecule has 0 bridgehead atoms. The molecular weight excluding hydrogens is 266 g/mol. The van der Waals surface area contributed by atoms with Crippen molar-refractivity contribution in [1.82, 2.24) is 4.90 Å². The molecular formula is C17H27NO3. The van der Waals surface area contributed by atoms with Gasteiger partial charge in [0, 0.05) is 25.3 Å². The van der Waals surface area contributed by atoms with Gasteiger partial charge in [-0.3, -0.25) is 4.79 Å². The van der Waals surface area contributed by atoms with Crippen LogP contribution in [-0.2, 0) is 4.74 Å². The first-order valence-corrected chi connectivity index (χ1v) is 7.87. The van der Waals surface area contributed by atoms with Gasteiger partial charge in [-0.25, -0.2) is 0 Å². The van der Waals surface area contributed by atoms with Crippen LogP contribution in [0.2, 0.25) is 0 Å². The second-order valence-electron chi connectivity index (χ2n) is 6.43. The molecule has 0 saturated carbocycles. The molecule has 1 aromatic heterocycles. The molecule has 4 heteroatoms. The Labute approximate surface area is 127 Å². The van der Waals surface area contributed by atoms with E-state index in [1.165, 1.54) is 0 Å². The highest BCUT2D eigenvalue weighted by Crippen LogP contribution is 2.24. The standard InChI is InChI=1S/C17H27NO3/c1-11(2)10-20-15-6-8-18(9-7-15)17(19)16-12(3)13(4)21-14(16)5/h11,15H,6-10H2,1-5H3. The normalized spacial score (nSPS) is 16.8. The summed E-state index contributed by atoms with van der Waals surface area (Å²) in [7, 11) is 0. The Morgan fingerprint density at radius 2 is 1.86 bits per heavy atom. The van der Waals surface area contributed by atoms with Gasteiger partial charge in [-0.05, 0) is 39.5 Å². The summed E-state index contributed by atoms with van der Waals surface area (Å²) in [4.78, 5) is 14.6. The van der Waals surface area contributed by atoms with Gasteiger partial charge in [0.15, 0.2) is 0 Å². The fourth-order valence-electron chi connectivity index (χ4n) is 2.82. The zero-order valence-electron chi connectivity index (χ0n) is 13.9. The molecule has 2 rings (SSSR count). The van der Waals surface area contributed by atoms with Gasteiger partial charge in [-0.1, -0.05) is 13.8 Å². The number of rotatable bonds is 4. The summed E-state index contributed by atoms with van der Waals surface area (Å²) < 4.78 is 11.4. The molecule has 1 amide bonds. The van der Waals surface area contributed by atoms with Crippen LogP contribution < -0.4 is 0 Å². The molecule has 21 heavy (non-hydrogen) atoms. The first-order valence-electron chi connectivity index (χ1n) is 7.87. The number of ether oxygens (including phenoxy) is 1. The van der Waals surface area contributed by atoms with Crippen molar-refractivity contribution in [2.75, 3.05) is 19.7 Å². The number of carbonyl (C=O) groups excluding carboxylic acids is 1. The van der Waals surface area contributed by atoms with Gasteiger partial charge in [-0.2, -0.15) is 0 Å². The van der Waals surface area contributed by atoms with Crippen molar-refractivity contribution in [2.45, 2.75) is 53.6 Å². The van der Waals surface area contributed by atoms with Crippen molar-refractivity contribution in [1.29, 1.82) is 0 Å². The molecule has 1 fully saturated rings. The number of piperidine rings is 1. The molecule has 1 aliphatic heterocycles. The fraction of sp³-hybridized carbons (Fsp3) is 0.706. The molecule has 0 unspecified atom stereocenters. The van der Waals surface area contributed by atoms with Crippen molar-refractivity contribution >= 4 is 5.91 Å². The van der Waals surface area contributed by atoms with Crippen LogP contribution in [0, 0.1) is 26.7 Å². The molecule has 0 spiro atoms. The van der Waals surface area contributed by atoms with Gasteiger partial charge in [0.1, 0.15) is 11.5 Å². The van der Waals surface area contributed by atoms with Crippen LogP contribution in [0.3, 0.4) is 0 Å². The number of carbonyl (C=O) groups is 1. The first kappa shape index (κ1) is 16.1. The third kappa shape index (κ3) is 3.67. The summed E-state index contributed by atoms with van der Waals surface area (Å²) in [5.74, 6) is 2.23. The minimum absolute atomic E-state index is 0.101. The lowest BCUT2D eigenvalue weighted by molar-refractivity contribution is -0.00235.